The second kappa shape index (κ2) is 72.8. The molecule has 117 heavy (non-hydrogen) atoms. The molecule has 0 aromatic heterocycles. The maximum Gasteiger partial charge on any atom is 0.335 e. The highest BCUT2D eigenvalue weighted by Gasteiger charge is 2.11. The number of carbonyl (C=O) groups excluding carboxylic acids is 5. The van der Waals surface area contributed by atoms with Crippen molar-refractivity contribution in [3.05, 3.63) is 303 Å². The molecule has 0 aliphatic carbocycles. The van der Waals surface area contributed by atoms with Crippen LogP contribution in [0.15, 0.2) is 247 Å². The van der Waals surface area contributed by atoms with E-state index in [1.807, 2.05) is 72.8 Å². The third-order valence-electron chi connectivity index (χ3n) is 20.8. The van der Waals surface area contributed by atoms with Crippen molar-refractivity contribution in [2.45, 2.75) is 288 Å². The number of hydrogen-bond acceptors (Lipinski definition) is 10. The van der Waals surface area contributed by atoms with Crippen LogP contribution >= 0.6 is 0 Å². The normalized spacial score (nSPS) is 12.2. The molecule has 0 saturated heterocycles. The summed E-state index contributed by atoms with van der Waals surface area (Å²) in [5, 5.41) is 0. The van der Waals surface area contributed by atoms with E-state index in [9.17, 15) is 24.0 Å². The Morgan fingerprint density at radius 1 is 0.265 bits per heavy atom. The molecule has 0 aliphatic rings. The lowest BCUT2D eigenvalue weighted by molar-refractivity contribution is -0.138. The molecule has 0 radical (unpaired) electrons. The predicted molar refractivity (Wildman–Crippen MR) is 505 cm³/mol. The summed E-state index contributed by atoms with van der Waals surface area (Å²) in [6.45, 7) is 72.9. The fourth-order valence-corrected chi connectivity index (χ4v) is 10.4. The minimum atomic E-state index is -0.425. The number of rotatable bonds is 41. The lowest BCUT2D eigenvalue weighted by Gasteiger charge is -2.12. The van der Waals surface area contributed by atoms with Crippen LogP contribution in [0.4, 0.5) is 0 Å². The van der Waals surface area contributed by atoms with Crippen molar-refractivity contribution in [1.29, 1.82) is 0 Å². The summed E-state index contributed by atoms with van der Waals surface area (Å²) >= 11 is 0. The van der Waals surface area contributed by atoms with Gasteiger partial charge in [-0.05, 0) is 236 Å². The molecule has 0 N–H and O–H groups in total. The molecule has 6 aromatic carbocycles. The fourth-order valence-electron chi connectivity index (χ4n) is 10.4. The van der Waals surface area contributed by atoms with Gasteiger partial charge in [0.05, 0.1) is 19.8 Å². The van der Waals surface area contributed by atoms with Gasteiger partial charge in [-0.15, -0.1) is 13.2 Å². The molecule has 0 fully saturated rings. The SMILES string of the molecule is C=CC(=O)OCCCCC(C)CC.C=CC(=O)Oc1ccc(C(C)CC)cc1.C=CC(=O)Oc1ccc(C(C)CC)cc1.C=CCCCCOC(=O)C=C.C=CCCCCOC(=O)C=C.C=Cc1ccc(C(C)CC)cc1.C=Cc1ccc(C(C)CC)cc1.CCC(C)c1ccc(C(C)CC)cc1.CCC(C)c1ccc(C(C)CC)cc1. The van der Waals surface area contributed by atoms with Crippen LogP contribution in [0.5, 0.6) is 11.5 Å². The van der Waals surface area contributed by atoms with Crippen molar-refractivity contribution in [3.8, 4) is 11.5 Å². The summed E-state index contributed by atoms with van der Waals surface area (Å²) in [6, 6.07) is 50.7. The lowest BCUT2D eigenvalue weighted by Crippen LogP contribution is -2.03. The average molecular weight is 1600 g/mol. The van der Waals surface area contributed by atoms with Gasteiger partial charge in [0.1, 0.15) is 11.5 Å². The van der Waals surface area contributed by atoms with E-state index in [0.29, 0.717) is 78.7 Å². The molecule has 0 bridgehead atoms. The van der Waals surface area contributed by atoms with Crippen LogP contribution < -0.4 is 9.47 Å². The summed E-state index contributed by atoms with van der Waals surface area (Å²) in [7, 11) is 0. The largest absolute Gasteiger partial charge is 0.463 e. The highest BCUT2D eigenvalue weighted by molar-refractivity contribution is 5.84. The van der Waals surface area contributed by atoms with Crippen LogP contribution in [-0.2, 0) is 38.2 Å². The topological polar surface area (TPSA) is 132 Å². The third-order valence-corrected chi connectivity index (χ3v) is 20.8. The first-order chi connectivity index (χ1) is 56.1. The lowest BCUT2D eigenvalue weighted by atomic mass is 9.93. The van der Waals surface area contributed by atoms with Gasteiger partial charge in [-0.1, -0.05) is 329 Å². The standard InChI is InChI=1S/2C14H22.2C13H16O2.2C12H16.C11H20O2.2C9H14O2/c2*1-5-11(3)13-7-9-14(10-8-13)12(4)6-2;2*1-4-10(3)11-6-8-12(9-7-11)15-13(14)5-2;2*1-4-10(3)12-8-6-11(5-2)7-9-12;1-4-10(3)8-6-7-9-13-11(12)5-2;2*1-3-5-6-7-8-11-9(10)4-2/h2*7-12H,5-6H2,1-4H3;2*5-10H,2,4H2,1,3H3;2*5-10H,2,4H2,1,3H3;5,10H,2,4,6-9H2,1,3H3;2*3-4H,1-2,5-8H2. The molecule has 6 aromatic rings. The van der Waals surface area contributed by atoms with E-state index in [0.717, 1.165) is 82.3 Å². The summed E-state index contributed by atoms with van der Waals surface area (Å²) < 4.78 is 24.3. The molecule has 0 spiro atoms. The van der Waals surface area contributed by atoms with Gasteiger partial charge < -0.3 is 23.7 Å². The molecule has 0 amide bonds. The Labute approximate surface area is 713 Å². The van der Waals surface area contributed by atoms with E-state index < -0.39 is 11.9 Å². The monoisotopic (exact) mass is 1600 g/mol. The Balaban J connectivity index is -0.00000125. The zero-order valence-corrected chi connectivity index (χ0v) is 76.0. The van der Waals surface area contributed by atoms with Crippen molar-refractivity contribution in [1.82, 2.24) is 0 Å². The van der Waals surface area contributed by atoms with Crippen molar-refractivity contribution < 1.29 is 47.7 Å². The molecule has 10 heteroatoms. The number of carbonyl (C=O) groups is 5. The first kappa shape index (κ1) is 111. The number of benzene rings is 6. The van der Waals surface area contributed by atoms with E-state index in [1.165, 1.54) is 125 Å². The molecule has 0 aliphatic heterocycles. The molecule has 0 saturated carbocycles. The Hall–Kier alpha value is -9.67. The molecule has 10 nitrogen and oxygen atoms in total. The zero-order valence-electron chi connectivity index (χ0n) is 76.0. The molecular formula is C107H156O10. The summed E-state index contributed by atoms with van der Waals surface area (Å²) in [4.78, 5) is 53.4. The van der Waals surface area contributed by atoms with Gasteiger partial charge in [0, 0.05) is 30.4 Å². The van der Waals surface area contributed by atoms with E-state index in [2.05, 4.69) is 281 Å². The van der Waals surface area contributed by atoms with Crippen molar-refractivity contribution in [3.63, 3.8) is 0 Å². The van der Waals surface area contributed by atoms with E-state index >= 15 is 0 Å². The summed E-state index contributed by atoms with van der Waals surface area (Å²) in [5.74, 6) is 5.25. The summed E-state index contributed by atoms with van der Waals surface area (Å²) in [6.07, 6.45) is 33.2. The van der Waals surface area contributed by atoms with Crippen molar-refractivity contribution in [2.24, 2.45) is 5.92 Å². The van der Waals surface area contributed by atoms with Crippen molar-refractivity contribution >= 4 is 42.0 Å². The smallest absolute Gasteiger partial charge is 0.335 e. The second-order valence-corrected chi connectivity index (χ2v) is 29.6. The van der Waals surface area contributed by atoms with Gasteiger partial charge in [0.2, 0.25) is 0 Å². The Kier molecular flexibility index (Phi) is 69.3. The zero-order chi connectivity index (χ0) is 88.7. The average Bonchev–Trinajstić information content (AvgIpc) is 0.923. The van der Waals surface area contributed by atoms with E-state index in [4.69, 9.17) is 23.7 Å². The van der Waals surface area contributed by atoms with E-state index in [1.54, 1.807) is 0 Å². The molecule has 644 valence electrons. The van der Waals surface area contributed by atoms with Crippen LogP contribution in [0.2, 0.25) is 0 Å². The third kappa shape index (κ3) is 55.6. The van der Waals surface area contributed by atoms with Gasteiger partial charge in [0.15, 0.2) is 0 Å². The number of esters is 5. The quantitative estimate of drug-likeness (QED) is 0.00913. The maximum atomic E-state index is 10.9. The van der Waals surface area contributed by atoms with Crippen LogP contribution in [0.3, 0.4) is 0 Å². The summed E-state index contributed by atoms with van der Waals surface area (Å²) in [5.41, 5.74) is 13.6. The number of hydrogen-bond donors (Lipinski definition) is 0. The van der Waals surface area contributed by atoms with Gasteiger partial charge in [-0.3, -0.25) is 0 Å². The van der Waals surface area contributed by atoms with E-state index in [-0.39, 0.29) is 17.9 Å². The maximum absolute atomic E-state index is 10.9. The second-order valence-electron chi connectivity index (χ2n) is 29.6. The van der Waals surface area contributed by atoms with Crippen LogP contribution in [0, 0.1) is 5.92 Å². The highest BCUT2D eigenvalue weighted by atomic mass is 16.5. The van der Waals surface area contributed by atoms with Gasteiger partial charge in [0.25, 0.3) is 0 Å². The Morgan fingerprint density at radius 2 is 0.462 bits per heavy atom. The van der Waals surface area contributed by atoms with Gasteiger partial charge in [-0.25, -0.2) is 24.0 Å². The van der Waals surface area contributed by atoms with Crippen molar-refractivity contribution in [2.75, 3.05) is 19.8 Å². The predicted octanol–water partition coefficient (Wildman–Crippen LogP) is 30.8. The molecule has 6 rings (SSSR count). The molecule has 0 heterocycles. The Bertz CT molecular complexity index is 3340. The minimum Gasteiger partial charge on any atom is -0.463 e. The van der Waals surface area contributed by atoms with Crippen LogP contribution in [0.1, 0.15) is 343 Å². The minimum absolute atomic E-state index is 0.316. The first-order valence-electron chi connectivity index (χ1n) is 43.2. The van der Waals surface area contributed by atoms with Crippen LogP contribution in [-0.4, -0.2) is 49.7 Å². The first-order valence-corrected chi connectivity index (χ1v) is 43.2. The molecule has 9 atom stereocenters. The van der Waals surface area contributed by atoms with Gasteiger partial charge in [-0.2, -0.15) is 0 Å². The fraction of sp³-hybridized carbons (Fsp3) is 0.449. The number of unbranched alkanes of at least 4 members (excludes halogenated alkanes) is 5. The molecular weight excluding hydrogens is 1450 g/mol. The highest BCUT2D eigenvalue weighted by Crippen LogP contribution is 2.28. The Morgan fingerprint density at radius 3 is 0.641 bits per heavy atom. The molecule has 9 unspecified atom stereocenters. The number of allylic oxidation sites excluding steroid dienone is 2. The van der Waals surface area contributed by atoms with Gasteiger partial charge >= 0.3 is 29.8 Å². The van der Waals surface area contributed by atoms with Crippen LogP contribution in [0.25, 0.3) is 12.2 Å². The number of ether oxygens (including phenoxy) is 5.